The minimum atomic E-state index is -3.09. The molecule has 0 fully saturated rings. The van der Waals surface area contributed by atoms with Gasteiger partial charge in [0.15, 0.2) is 0 Å². The van der Waals surface area contributed by atoms with Crippen molar-refractivity contribution < 1.29 is 22.4 Å². The summed E-state index contributed by atoms with van der Waals surface area (Å²) in [7, 11) is 0. The van der Waals surface area contributed by atoms with Crippen LogP contribution >= 0.6 is 23.2 Å². The Balaban J connectivity index is 1.74. The van der Waals surface area contributed by atoms with Crippen molar-refractivity contribution >= 4 is 35.1 Å². The summed E-state index contributed by atoms with van der Waals surface area (Å²) in [6, 6.07) is 4.25. The lowest BCUT2D eigenvalue weighted by molar-refractivity contribution is -0.119. The maximum absolute atomic E-state index is 13.1. The number of amides is 1. The summed E-state index contributed by atoms with van der Waals surface area (Å²) in [5.41, 5.74) is -1.04. The number of nitrogens with zero attached hydrogens (tertiary/aromatic N) is 5. The van der Waals surface area contributed by atoms with Crippen LogP contribution in [0.1, 0.15) is 42.8 Å². The van der Waals surface area contributed by atoms with E-state index in [4.69, 9.17) is 23.2 Å². The topological polar surface area (TPSA) is 77.6 Å². The van der Waals surface area contributed by atoms with Crippen LogP contribution in [0.2, 0.25) is 10.0 Å². The average Bonchev–Trinajstić information content (AvgIpc) is 3.31. The molecule has 0 radical (unpaired) electrons. The Morgan fingerprint density at radius 3 is 2.40 bits per heavy atom. The summed E-state index contributed by atoms with van der Waals surface area (Å²) >= 11 is 12.2. The van der Waals surface area contributed by atoms with Crippen molar-refractivity contribution in [3.63, 3.8) is 0 Å². The van der Waals surface area contributed by atoms with Gasteiger partial charge < -0.3 is 0 Å². The van der Waals surface area contributed by atoms with E-state index < -0.39 is 36.2 Å². The van der Waals surface area contributed by atoms with Crippen molar-refractivity contribution in [1.29, 1.82) is 0 Å². The van der Waals surface area contributed by atoms with E-state index in [0.717, 1.165) is 0 Å². The largest absolute Gasteiger partial charge is 0.291 e. The molecule has 0 aliphatic carbocycles. The Morgan fingerprint density at radius 1 is 1.13 bits per heavy atom. The molecule has 0 saturated heterocycles. The first kappa shape index (κ1) is 22.0. The maximum Gasteiger partial charge on any atom is 0.282 e. The molecule has 1 aromatic carbocycles. The molecule has 0 saturated carbocycles. The van der Waals surface area contributed by atoms with Crippen LogP contribution in [0.5, 0.6) is 0 Å². The molecule has 1 N–H and O–H groups in total. The van der Waals surface area contributed by atoms with Crippen molar-refractivity contribution in [3.8, 4) is 0 Å². The number of carbonyl (C=O) groups is 1. The summed E-state index contributed by atoms with van der Waals surface area (Å²) in [5, 5.41) is 10.7. The third-order valence-electron chi connectivity index (χ3n) is 4.13. The predicted molar refractivity (Wildman–Crippen MR) is 101 cm³/mol. The van der Waals surface area contributed by atoms with Crippen LogP contribution in [0.4, 0.5) is 23.5 Å². The van der Waals surface area contributed by atoms with Crippen LogP contribution < -0.4 is 5.32 Å². The molecule has 160 valence electrons. The molecule has 30 heavy (non-hydrogen) atoms. The van der Waals surface area contributed by atoms with Gasteiger partial charge in [0.25, 0.3) is 18.8 Å². The molecule has 1 atom stereocenters. The number of hydrogen-bond donors (Lipinski definition) is 1. The number of benzene rings is 1. The normalized spacial score (nSPS) is 12.6. The minimum absolute atomic E-state index is 0.116. The summed E-state index contributed by atoms with van der Waals surface area (Å²) in [5.74, 6) is -0.927. The average molecular weight is 465 g/mol. The van der Waals surface area contributed by atoms with E-state index >= 15 is 0 Å². The third kappa shape index (κ3) is 4.73. The third-order valence-corrected chi connectivity index (χ3v) is 4.84. The van der Waals surface area contributed by atoms with Gasteiger partial charge in [-0.25, -0.2) is 27.2 Å². The van der Waals surface area contributed by atoms with E-state index in [2.05, 4.69) is 20.5 Å². The highest BCUT2D eigenvalue weighted by molar-refractivity contribution is 6.35. The van der Waals surface area contributed by atoms with Crippen LogP contribution in [0.25, 0.3) is 0 Å². The molecule has 2 heterocycles. The highest BCUT2D eigenvalue weighted by Crippen LogP contribution is 2.28. The second-order valence-corrected chi connectivity index (χ2v) is 6.99. The monoisotopic (exact) mass is 464 g/mol. The quantitative estimate of drug-likeness (QED) is 0.504. The second-order valence-electron chi connectivity index (χ2n) is 6.17. The number of rotatable bonds is 7. The zero-order chi connectivity index (χ0) is 22.0. The molecule has 0 aliphatic heterocycles. The smallest absolute Gasteiger partial charge is 0.282 e. The van der Waals surface area contributed by atoms with Crippen LogP contribution in [-0.4, -0.2) is 30.5 Å². The molecule has 0 aliphatic rings. The van der Waals surface area contributed by atoms with Gasteiger partial charge in [0.2, 0.25) is 5.95 Å². The summed E-state index contributed by atoms with van der Waals surface area (Å²) in [6.45, 7) is 1.41. The maximum atomic E-state index is 13.1. The van der Waals surface area contributed by atoms with Gasteiger partial charge in [-0.3, -0.25) is 14.8 Å². The first-order chi connectivity index (χ1) is 14.2. The molecular formula is C17H14Cl2F4N6O. The van der Waals surface area contributed by atoms with Crippen molar-refractivity contribution in [2.75, 3.05) is 5.32 Å². The van der Waals surface area contributed by atoms with Crippen molar-refractivity contribution in [1.82, 2.24) is 24.5 Å². The van der Waals surface area contributed by atoms with Crippen LogP contribution in [0, 0.1) is 0 Å². The van der Waals surface area contributed by atoms with Gasteiger partial charge in [0.1, 0.15) is 23.8 Å². The first-order valence-corrected chi connectivity index (χ1v) is 9.21. The van der Waals surface area contributed by atoms with Gasteiger partial charge in [0.05, 0.1) is 6.54 Å². The Labute approximate surface area is 177 Å². The zero-order valence-corrected chi connectivity index (χ0v) is 16.7. The second kappa shape index (κ2) is 9.00. The summed E-state index contributed by atoms with van der Waals surface area (Å²) < 4.78 is 53.8. The lowest BCUT2D eigenvalue weighted by atomic mass is 10.2. The molecule has 3 aromatic rings. The number of hydrogen-bond acceptors (Lipinski definition) is 4. The van der Waals surface area contributed by atoms with E-state index in [0.29, 0.717) is 26.4 Å². The fourth-order valence-electron chi connectivity index (χ4n) is 2.61. The molecular weight excluding hydrogens is 451 g/mol. The van der Waals surface area contributed by atoms with Gasteiger partial charge in [-0.1, -0.05) is 29.3 Å². The number of nitrogens with one attached hydrogen (secondary N) is 1. The number of aromatic nitrogens is 5. The SMILES string of the molecule is CC(C(=O)Nc1ncn(Cc2c(Cl)cccc2Cl)n1)n1nc(C(F)F)cc1C(F)F. The van der Waals surface area contributed by atoms with Gasteiger partial charge in [-0.2, -0.15) is 5.10 Å². The number of carbonyl (C=O) groups excluding carboxylic acids is 1. The van der Waals surface area contributed by atoms with E-state index in [-0.39, 0.29) is 12.5 Å². The first-order valence-electron chi connectivity index (χ1n) is 8.46. The lowest BCUT2D eigenvalue weighted by Gasteiger charge is -2.14. The van der Waals surface area contributed by atoms with E-state index in [1.54, 1.807) is 18.2 Å². The van der Waals surface area contributed by atoms with Crippen molar-refractivity contribution in [2.24, 2.45) is 0 Å². The molecule has 1 amide bonds. The number of alkyl halides is 4. The van der Waals surface area contributed by atoms with Crippen LogP contribution in [-0.2, 0) is 11.3 Å². The lowest BCUT2D eigenvalue weighted by Crippen LogP contribution is -2.26. The fraction of sp³-hybridized carbons (Fsp3) is 0.294. The molecule has 0 spiro atoms. The summed E-state index contributed by atoms with van der Waals surface area (Å²) in [6.07, 6.45) is -4.82. The van der Waals surface area contributed by atoms with E-state index in [1.807, 2.05) is 0 Å². The van der Waals surface area contributed by atoms with E-state index in [1.165, 1.54) is 17.9 Å². The standard InChI is InChI=1S/C17H14Cl2F4N6O/c1-8(29-13(15(22)23)5-12(26-29)14(20)21)16(30)25-17-24-7-28(27-17)6-9-10(18)3-2-4-11(9)19/h2-5,7-8,14-15H,6H2,1H3,(H,25,27,30). The zero-order valence-electron chi connectivity index (χ0n) is 15.2. The minimum Gasteiger partial charge on any atom is -0.291 e. The van der Waals surface area contributed by atoms with Gasteiger partial charge in [-0.05, 0) is 25.1 Å². The Morgan fingerprint density at radius 2 is 1.80 bits per heavy atom. The van der Waals surface area contributed by atoms with Crippen molar-refractivity contribution in [2.45, 2.75) is 32.4 Å². The predicted octanol–water partition coefficient (Wildman–Crippen LogP) is 4.90. The Bertz CT molecular complexity index is 1030. The van der Waals surface area contributed by atoms with Crippen molar-refractivity contribution in [3.05, 3.63) is 57.6 Å². The molecule has 7 nitrogen and oxygen atoms in total. The number of anilines is 1. The highest BCUT2D eigenvalue weighted by Gasteiger charge is 2.27. The molecule has 0 bridgehead atoms. The Kier molecular flexibility index (Phi) is 6.61. The molecule has 2 aromatic heterocycles. The molecule has 1 unspecified atom stereocenters. The molecule has 13 heteroatoms. The summed E-state index contributed by atoms with van der Waals surface area (Å²) in [4.78, 5) is 16.3. The van der Waals surface area contributed by atoms with Gasteiger partial charge in [0, 0.05) is 15.6 Å². The van der Waals surface area contributed by atoms with E-state index in [9.17, 15) is 22.4 Å². The van der Waals surface area contributed by atoms with Crippen LogP contribution in [0.3, 0.4) is 0 Å². The Hall–Kier alpha value is -2.66. The molecule has 3 rings (SSSR count). The van der Waals surface area contributed by atoms with Gasteiger partial charge >= 0.3 is 0 Å². The van der Waals surface area contributed by atoms with Gasteiger partial charge in [-0.15, -0.1) is 5.10 Å². The van der Waals surface area contributed by atoms with Crippen LogP contribution in [0.15, 0.2) is 30.6 Å². The number of halogens is 6. The highest BCUT2D eigenvalue weighted by atomic mass is 35.5. The fourth-order valence-corrected chi connectivity index (χ4v) is 3.12.